The first-order valence-electron chi connectivity index (χ1n) is 4.06. The van der Waals surface area contributed by atoms with Crippen LogP contribution in [-0.4, -0.2) is 4.98 Å². The van der Waals surface area contributed by atoms with Gasteiger partial charge in [0.2, 0.25) is 0 Å². The normalized spacial score (nSPS) is 10.1. The first kappa shape index (κ1) is 9.50. The molecule has 2 rings (SSSR count). The molecule has 1 heterocycles. The van der Waals surface area contributed by atoms with Crippen LogP contribution in [0.4, 0.5) is 0 Å². The lowest BCUT2D eigenvalue weighted by Gasteiger charge is -2.04. The van der Waals surface area contributed by atoms with Crippen LogP contribution in [0, 0.1) is 6.20 Å². The van der Waals surface area contributed by atoms with Crippen molar-refractivity contribution in [2.45, 2.75) is 0 Å². The number of pyridine rings is 1. The first-order chi connectivity index (χ1) is 6.79. The molecular weight excluding hydrogens is 217 g/mol. The fourth-order valence-corrected chi connectivity index (χ4v) is 1.80. The summed E-state index contributed by atoms with van der Waals surface area (Å²) in [6, 6.07) is 10.8. The molecule has 0 atom stereocenters. The van der Waals surface area contributed by atoms with Gasteiger partial charge >= 0.3 is 0 Å². The Kier molecular flexibility index (Phi) is 2.71. The Balaban J connectivity index is 2.63. The van der Waals surface area contributed by atoms with Crippen LogP contribution in [0.15, 0.2) is 36.4 Å². The van der Waals surface area contributed by atoms with E-state index in [0.29, 0.717) is 10.0 Å². The Hall–Kier alpha value is -1.05. The van der Waals surface area contributed by atoms with Gasteiger partial charge in [0.15, 0.2) is 0 Å². The van der Waals surface area contributed by atoms with Crippen molar-refractivity contribution in [2.75, 3.05) is 0 Å². The van der Waals surface area contributed by atoms with E-state index in [1.54, 1.807) is 24.3 Å². The van der Waals surface area contributed by atoms with Gasteiger partial charge in [-0.15, -0.1) is 0 Å². The SMILES string of the molecule is Clc1cccc(Cl)c1-c1ccc[c]n1. The van der Waals surface area contributed by atoms with E-state index in [-0.39, 0.29) is 0 Å². The van der Waals surface area contributed by atoms with E-state index in [9.17, 15) is 0 Å². The van der Waals surface area contributed by atoms with Gasteiger partial charge in [-0.3, -0.25) is 0 Å². The highest BCUT2D eigenvalue weighted by molar-refractivity contribution is 6.39. The van der Waals surface area contributed by atoms with Gasteiger partial charge in [-0.05, 0) is 24.3 Å². The first-order valence-corrected chi connectivity index (χ1v) is 4.82. The maximum Gasteiger partial charge on any atom is 0.0893 e. The van der Waals surface area contributed by atoms with Gasteiger partial charge in [0, 0.05) is 5.56 Å². The Labute approximate surface area is 92.3 Å². The summed E-state index contributed by atoms with van der Waals surface area (Å²) < 4.78 is 0. The molecular formula is C11H6Cl2N. The molecule has 0 aliphatic rings. The van der Waals surface area contributed by atoms with Gasteiger partial charge in [-0.1, -0.05) is 35.3 Å². The van der Waals surface area contributed by atoms with E-state index in [1.165, 1.54) is 0 Å². The summed E-state index contributed by atoms with van der Waals surface area (Å²) in [6.45, 7) is 0. The molecule has 69 valence electrons. The molecule has 1 aromatic heterocycles. The Morgan fingerprint density at radius 1 is 1.00 bits per heavy atom. The molecule has 0 saturated heterocycles. The Morgan fingerprint density at radius 2 is 1.71 bits per heavy atom. The van der Waals surface area contributed by atoms with Crippen molar-refractivity contribution >= 4 is 23.2 Å². The van der Waals surface area contributed by atoms with Gasteiger partial charge in [0.25, 0.3) is 0 Å². The van der Waals surface area contributed by atoms with Gasteiger partial charge in [0.1, 0.15) is 0 Å². The summed E-state index contributed by atoms with van der Waals surface area (Å²) in [6.07, 6.45) is 2.75. The highest BCUT2D eigenvalue weighted by Crippen LogP contribution is 2.32. The molecule has 0 N–H and O–H groups in total. The molecule has 14 heavy (non-hydrogen) atoms. The summed E-state index contributed by atoms with van der Waals surface area (Å²) in [7, 11) is 0. The zero-order valence-electron chi connectivity index (χ0n) is 7.17. The van der Waals surface area contributed by atoms with E-state index < -0.39 is 0 Å². The second-order valence-electron chi connectivity index (χ2n) is 2.75. The maximum atomic E-state index is 6.03. The number of rotatable bonds is 1. The lowest BCUT2D eigenvalue weighted by atomic mass is 10.1. The van der Waals surface area contributed by atoms with Crippen molar-refractivity contribution in [3.8, 4) is 11.3 Å². The van der Waals surface area contributed by atoms with Crippen molar-refractivity contribution in [2.24, 2.45) is 0 Å². The summed E-state index contributed by atoms with van der Waals surface area (Å²) in [5, 5.41) is 1.20. The van der Waals surface area contributed by atoms with Gasteiger partial charge < -0.3 is 0 Å². The zero-order valence-corrected chi connectivity index (χ0v) is 8.68. The van der Waals surface area contributed by atoms with Crippen LogP contribution < -0.4 is 0 Å². The molecule has 1 aromatic carbocycles. The van der Waals surface area contributed by atoms with Gasteiger partial charge in [0.05, 0.1) is 21.9 Å². The quantitative estimate of drug-likeness (QED) is 0.715. The third-order valence-corrected chi connectivity index (χ3v) is 2.46. The number of hydrogen-bond donors (Lipinski definition) is 0. The van der Waals surface area contributed by atoms with E-state index in [2.05, 4.69) is 11.2 Å². The number of benzene rings is 1. The topological polar surface area (TPSA) is 12.9 Å². The number of halogens is 2. The molecule has 2 aromatic rings. The van der Waals surface area contributed by atoms with Crippen molar-refractivity contribution in [1.29, 1.82) is 0 Å². The molecule has 0 aliphatic carbocycles. The number of nitrogens with zero attached hydrogens (tertiary/aromatic N) is 1. The average molecular weight is 223 g/mol. The fourth-order valence-electron chi connectivity index (χ4n) is 1.21. The van der Waals surface area contributed by atoms with Crippen LogP contribution in [0.1, 0.15) is 0 Å². The maximum absolute atomic E-state index is 6.03. The van der Waals surface area contributed by atoms with Gasteiger partial charge in [-0.25, -0.2) is 4.98 Å². The minimum Gasteiger partial charge on any atom is -0.246 e. The van der Waals surface area contributed by atoms with Crippen molar-refractivity contribution in [3.63, 3.8) is 0 Å². The summed E-state index contributed by atoms with van der Waals surface area (Å²) in [4.78, 5) is 4.08. The molecule has 0 spiro atoms. The molecule has 1 radical (unpaired) electrons. The predicted octanol–water partition coefficient (Wildman–Crippen LogP) is 3.86. The summed E-state index contributed by atoms with van der Waals surface area (Å²) in [5.41, 5.74) is 1.50. The predicted molar refractivity (Wildman–Crippen MR) is 58.5 cm³/mol. The molecule has 0 aliphatic heterocycles. The Morgan fingerprint density at radius 3 is 2.29 bits per heavy atom. The highest BCUT2D eigenvalue weighted by Gasteiger charge is 2.07. The average Bonchev–Trinajstić information content (AvgIpc) is 2.19. The monoisotopic (exact) mass is 222 g/mol. The highest BCUT2D eigenvalue weighted by atomic mass is 35.5. The lowest BCUT2D eigenvalue weighted by Crippen LogP contribution is -1.84. The number of aromatic nitrogens is 1. The zero-order chi connectivity index (χ0) is 9.97. The van der Waals surface area contributed by atoms with Crippen molar-refractivity contribution < 1.29 is 0 Å². The van der Waals surface area contributed by atoms with Crippen LogP contribution in [-0.2, 0) is 0 Å². The van der Waals surface area contributed by atoms with E-state index >= 15 is 0 Å². The van der Waals surface area contributed by atoms with Crippen molar-refractivity contribution in [3.05, 3.63) is 52.6 Å². The van der Waals surface area contributed by atoms with E-state index in [4.69, 9.17) is 23.2 Å². The molecule has 0 bridgehead atoms. The van der Waals surface area contributed by atoms with E-state index in [0.717, 1.165) is 11.3 Å². The standard InChI is InChI=1S/C11H6Cl2N/c12-8-4-3-5-9(13)11(8)10-6-1-2-7-14-10/h1-6H. The minimum atomic E-state index is 0.601. The van der Waals surface area contributed by atoms with Crippen molar-refractivity contribution in [1.82, 2.24) is 4.98 Å². The second kappa shape index (κ2) is 3.99. The fraction of sp³-hybridized carbons (Fsp3) is 0. The van der Waals surface area contributed by atoms with Crippen LogP contribution in [0.2, 0.25) is 10.0 Å². The largest absolute Gasteiger partial charge is 0.246 e. The van der Waals surface area contributed by atoms with E-state index in [1.807, 2.05) is 12.1 Å². The Bertz CT molecular complexity index is 420. The molecule has 0 saturated carbocycles. The molecule has 1 nitrogen and oxygen atoms in total. The second-order valence-corrected chi connectivity index (χ2v) is 3.56. The third kappa shape index (κ3) is 1.74. The van der Waals surface area contributed by atoms with Crippen LogP contribution in [0.5, 0.6) is 0 Å². The summed E-state index contributed by atoms with van der Waals surface area (Å²) >= 11 is 12.1. The third-order valence-electron chi connectivity index (χ3n) is 1.83. The molecule has 0 fully saturated rings. The van der Waals surface area contributed by atoms with Crippen LogP contribution in [0.25, 0.3) is 11.3 Å². The minimum absolute atomic E-state index is 0.601. The lowest BCUT2D eigenvalue weighted by molar-refractivity contribution is 1.31. The molecule has 3 heteroatoms. The van der Waals surface area contributed by atoms with Crippen LogP contribution in [0.3, 0.4) is 0 Å². The smallest absolute Gasteiger partial charge is 0.0893 e. The molecule has 0 amide bonds. The van der Waals surface area contributed by atoms with Gasteiger partial charge in [-0.2, -0.15) is 0 Å². The summed E-state index contributed by atoms with van der Waals surface area (Å²) in [5.74, 6) is 0. The molecule has 0 unspecified atom stereocenters. The van der Waals surface area contributed by atoms with Crippen LogP contribution >= 0.6 is 23.2 Å². The number of hydrogen-bond acceptors (Lipinski definition) is 1.